The molecule has 5 nitrogen and oxygen atoms in total. The monoisotopic (exact) mass is 350 g/mol. The second-order valence-electron chi connectivity index (χ2n) is 6.53. The van der Waals surface area contributed by atoms with Gasteiger partial charge in [-0.05, 0) is 60.4 Å². The van der Waals surface area contributed by atoms with Crippen molar-refractivity contribution in [1.29, 1.82) is 0 Å². The van der Waals surface area contributed by atoms with E-state index >= 15 is 0 Å². The number of pyridine rings is 1. The second kappa shape index (κ2) is 8.15. The number of allylic oxidation sites excluding steroid dienone is 1. The zero-order valence-corrected chi connectivity index (χ0v) is 14.6. The number of rotatable bonds is 6. The summed E-state index contributed by atoms with van der Waals surface area (Å²) in [5.74, 6) is 2.64. The molecule has 1 aromatic carbocycles. The fraction of sp³-hybridized carbons (Fsp3) is 0.333. The Morgan fingerprint density at radius 3 is 2.65 bits per heavy atom. The van der Waals surface area contributed by atoms with Crippen LogP contribution in [0, 0.1) is 5.92 Å². The molecule has 0 spiro atoms. The summed E-state index contributed by atoms with van der Waals surface area (Å²) in [7, 11) is 0. The maximum Gasteiger partial charge on any atom is 0.219 e. The number of ether oxygens (including phenoxy) is 3. The van der Waals surface area contributed by atoms with Gasteiger partial charge in [-0.2, -0.15) is 0 Å². The molecule has 5 heteroatoms. The Morgan fingerprint density at radius 2 is 1.96 bits per heavy atom. The third kappa shape index (κ3) is 4.29. The van der Waals surface area contributed by atoms with Gasteiger partial charge in [0.1, 0.15) is 11.5 Å². The van der Waals surface area contributed by atoms with E-state index in [4.69, 9.17) is 14.2 Å². The Balaban J connectivity index is 1.30. The van der Waals surface area contributed by atoms with Crippen molar-refractivity contribution in [3.63, 3.8) is 0 Å². The molecule has 1 aromatic heterocycles. The van der Waals surface area contributed by atoms with Gasteiger partial charge in [-0.15, -0.1) is 0 Å². The van der Waals surface area contributed by atoms with Crippen LogP contribution in [-0.4, -0.2) is 37.6 Å². The van der Waals surface area contributed by atoms with Gasteiger partial charge in [0.2, 0.25) is 5.88 Å². The van der Waals surface area contributed by atoms with Crippen LogP contribution in [0.2, 0.25) is 0 Å². The van der Waals surface area contributed by atoms with Crippen LogP contribution >= 0.6 is 0 Å². The summed E-state index contributed by atoms with van der Waals surface area (Å²) in [6.45, 7) is 3.09. The number of nitrogens with zero attached hydrogens (tertiary/aromatic N) is 2. The molecule has 2 aromatic rings. The van der Waals surface area contributed by atoms with E-state index in [0.717, 1.165) is 43.2 Å². The molecule has 1 atom stereocenters. The Bertz CT molecular complexity index is 776. The fourth-order valence-electron chi connectivity index (χ4n) is 3.04. The fourth-order valence-corrected chi connectivity index (χ4v) is 3.04. The van der Waals surface area contributed by atoms with Crippen LogP contribution in [0.25, 0.3) is 5.57 Å². The van der Waals surface area contributed by atoms with Gasteiger partial charge in [-0.25, -0.2) is 4.98 Å². The molecule has 0 N–H and O–H groups in total. The lowest BCUT2D eigenvalue weighted by molar-refractivity contribution is 0.0352. The van der Waals surface area contributed by atoms with E-state index in [2.05, 4.69) is 9.98 Å². The first-order chi connectivity index (χ1) is 12.9. The maximum atomic E-state index is 5.85. The number of aliphatic imine (C=N–C) groups is 1. The van der Waals surface area contributed by atoms with Gasteiger partial charge in [-0.3, -0.25) is 4.99 Å². The van der Waals surface area contributed by atoms with Crippen LogP contribution in [0.5, 0.6) is 17.4 Å². The minimum absolute atomic E-state index is 0.489. The second-order valence-corrected chi connectivity index (χ2v) is 6.53. The highest BCUT2D eigenvalue weighted by molar-refractivity contribution is 5.89. The summed E-state index contributed by atoms with van der Waals surface area (Å²) in [6, 6.07) is 11.5. The van der Waals surface area contributed by atoms with Crippen LogP contribution in [0.3, 0.4) is 0 Å². The van der Waals surface area contributed by atoms with Gasteiger partial charge in [0.15, 0.2) is 0 Å². The first kappa shape index (κ1) is 16.8. The summed E-state index contributed by atoms with van der Waals surface area (Å²) < 4.78 is 17.1. The Hall–Kier alpha value is -2.66. The zero-order valence-electron chi connectivity index (χ0n) is 14.6. The van der Waals surface area contributed by atoms with Crippen molar-refractivity contribution >= 4 is 11.8 Å². The average Bonchev–Trinajstić information content (AvgIpc) is 3.24. The highest BCUT2D eigenvalue weighted by atomic mass is 16.5. The molecule has 0 radical (unpaired) electrons. The molecule has 0 aliphatic carbocycles. The van der Waals surface area contributed by atoms with Crippen molar-refractivity contribution in [2.24, 2.45) is 10.9 Å². The number of hydrogen-bond donors (Lipinski definition) is 0. The molecule has 0 amide bonds. The molecule has 134 valence electrons. The molecular formula is C21H22N2O3. The van der Waals surface area contributed by atoms with E-state index in [1.807, 2.05) is 54.9 Å². The summed E-state index contributed by atoms with van der Waals surface area (Å²) in [5.41, 5.74) is 2.25. The van der Waals surface area contributed by atoms with Crippen molar-refractivity contribution in [2.75, 3.05) is 26.4 Å². The van der Waals surface area contributed by atoms with Crippen molar-refractivity contribution < 1.29 is 14.2 Å². The van der Waals surface area contributed by atoms with E-state index in [0.29, 0.717) is 18.4 Å². The molecule has 2 aliphatic heterocycles. The Kier molecular flexibility index (Phi) is 5.26. The Labute approximate surface area is 153 Å². The maximum absolute atomic E-state index is 5.85. The topological polar surface area (TPSA) is 52.9 Å². The molecular weight excluding hydrogens is 328 g/mol. The van der Waals surface area contributed by atoms with Crippen molar-refractivity contribution in [3.8, 4) is 17.4 Å². The summed E-state index contributed by atoms with van der Waals surface area (Å²) in [5, 5.41) is 0. The predicted octanol–water partition coefficient (Wildman–Crippen LogP) is 4.15. The van der Waals surface area contributed by atoms with E-state index in [1.165, 1.54) is 12.0 Å². The molecule has 1 saturated heterocycles. The van der Waals surface area contributed by atoms with Crippen LogP contribution < -0.4 is 9.47 Å². The molecule has 0 bridgehead atoms. The summed E-state index contributed by atoms with van der Waals surface area (Å²) in [6.07, 6.45) is 7.95. The molecule has 1 fully saturated rings. The standard InChI is InChI=1S/C21H22N2O3/c1-2-16(14-24-11-1)15-25-19-4-6-20(7-5-19)26-21-8-3-17(13-23-21)18-9-10-22-12-18/h3-10,13,16H,1-2,11-12,14-15H2. The largest absolute Gasteiger partial charge is 0.493 e. The number of benzene rings is 1. The first-order valence-electron chi connectivity index (χ1n) is 9.01. The van der Waals surface area contributed by atoms with Gasteiger partial charge in [0, 0.05) is 31.0 Å². The van der Waals surface area contributed by atoms with E-state index in [9.17, 15) is 0 Å². The van der Waals surface area contributed by atoms with E-state index < -0.39 is 0 Å². The summed E-state index contributed by atoms with van der Waals surface area (Å²) >= 11 is 0. The molecule has 2 aliphatic rings. The van der Waals surface area contributed by atoms with Crippen LogP contribution in [0.1, 0.15) is 18.4 Å². The highest BCUT2D eigenvalue weighted by Crippen LogP contribution is 2.25. The van der Waals surface area contributed by atoms with Crippen molar-refractivity contribution in [1.82, 2.24) is 4.98 Å². The molecule has 26 heavy (non-hydrogen) atoms. The molecule has 0 saturated carbocycles. The SMILES string of the molecule is C1=NCC(c2ccc(Oc3ccc(OCC4CCCOC4)cc3)nc2)=C1. The van der Waals surface area contributed by atoms with Gasteiger partial charge >= 0.3 is 0 Å². The molecule has 4 rings (SSSR count). The lowest BCUT2D eigenvalue weighted by atomic mass is 10.0. The van der Waals surface area contributed by atoms with E-state index in [1.54, 1.807) is 0 Å². The number of aromatic nitrogens is 1. The lowest BCUT2D eigenvalue weighted by Crippen LogP contribution is -2.23. The van der Waals surface area contributed by atoms with Gasteiger partial charge in [-0.1, -0.05) is 0 Å². The van der Waals surface area contributed by atoms with Crippen LogP contribution in [0.15, 0.2) is 53.7 Å². The van der Waals surface area contributed by atoms with Crippen molar-refractivity contribution in [2.45, 2.75) is 12.8 Å². The van der Waals surface area contributed by atoms with E-state index in [-0.39, 0.29) is 0 Å². The van der Waals surface area contributed by atoms with Crippen molar-refractivity contribution in [3.05, 3.63) is 54.2 Å². The lowest BCUT2D eigenvalue weighted by Gasteiger charge is -2.22. The third-order valence-electron chi connectivity index (χ3n) is 4.54. The average molecular weight is 350 g/mol. The smallest absolute Gasteiger partial charge is 0.219 e. The van der Waals surface area contributed by atoms with Crippen LogP contribution in [-0.2, 0) is 4.74 Å². The minimum atomic E-state index is 0.489. The van der Waals surface area contributed by atoms with Gasteiger partial charge < -0.3 is 14.2 Å². The predicted molar refractivity (Wildman–Crippen MR) is 101 cm³/mol. The van der Waals surface area contributed by atoms with Gasteiger partial charge in [0.25, 0.3) is 0 Å². The molecule has 3 heterocycles. The first-order valence-corrected chi connectivity index (χ1v) is 9.01. The minimum Gasteiger partial charge on any atom is -0.493 e. The summed E-state index contributed by atoms with van der Waals surface area (Å²) in [4.78, 5) is 8.56. The Morgan fingerprint density at radius 1 is 1.08 bits per heavy atom. The van der Waals surface area contributed by atoms with Gasteiger partial charge in [0.05, 0.1) is 19.8 Å². The van der Waals surface area contributed by atoms with Crippen LogP contribution in [0.4, 0.5) is 0 Å². The number of hydrogen-bond acceptors (Lipinski definition) is 5. The normalized spacial score (nSPS) is 19.2. The highest BCUT2D eigenvalue weighted by Gasteiger charge is 2.14. The third-order valence-corrected chi connectivity index (χ3v) is 4.54. The molecule has 1 unspecified atom stereocenters. The zero-order chi connectivity index (χ0) is 17.6. The quantitative estimate of drug-likeness (QED) is 0.785.